The molecule has 3 amide bonds. The minimum absolute atomic E-state index is 0.0256. The summed E-state index contributed by atoms with van der Waals surface area (Å²) in [5.74, 6) is -0.441. The second-order valence-corrected chi connectivity index (χ2v) is 9.82. The fraction of sp³-hybridized carbons (Fsp3) is 0.310. The molecule has 188 valence electrons. The van der Waals surface area contributed by atoms with Crippen molar-refractivity contribution in [2.24, 2.45) is 0 Å². The molecule has 7 heteroatoms. The van der Waals surface area contributed by atoms with Crippen molar-refractivity contribution in [1.82, 2.24) is 15.2 Å². The van der Waals surface area contributed by atoms with Crippen LogP contribution in [0, 0.1) is 6.92 Å². The van der Waals surface area contributed by atoms with Gasteiger partial charge in [-0.25, -0.2) is 4.98 Å². The van der Waals surface area contributed by atoms with Crippen LogP contribution < -0.4 is 10.6 Å². The Morgan fingerprint density at radius 2 is 1.56 bits per heavy atom. The molecule has 0 aliphatic carbocycles. The van der Waals surface area contributed by atoms with Gasteiger partial charge < -0.3 is 15.5 Å². The molecule has 0 saturated heterocycles. The van der Waals surface area contributed by atoms with Crippen molar-refractivity contribution in [2.75, 3.05) is 5.32 Å². The van der Waals surface area contributed by atoms with Crippen molar-refractivity contribution in [3.8, 4) is 0 Å². The zero-order chi connectivity index (χ0) is 26.1. The Morgan fingerprint density at radius 1 is 0.889 bits per heavy atom. The number of hydrogen-bond acceptors (Lipinski definition) is 4. The number of aromatic nitrogens is 1. The van der Waals surface area contributed by atoms with Crippen LogP contribution in [0.5, 0.6) is 0 Å². The van der Waals surface area contributed by atoms with Crippen molar-refractivity contribution in [2.45, 2.75) is 58.7 Å². The lowest BCUT2D eigenvalue weighted by Gasteiger charge is -2.34. The molecule has 36 heavy (non-hydrogen) atoms. The van der Waals surface area contributed by atoms with Crippen LogP contribution in [-0.4, -0.2) is 33.1 Å². The summed E-state index contributed by atoms with van der Waals surface area (Å²) in [6.45, 7) is 7.92. The number of pyridine rings is 1. The SMILES string of the molecule is Cc1ccc(C(C(=O)NC(C)(C)C)N(Cc2ccccc2)C(=O)CCC(=O)Nc2ccccn2)cc1. The van der Waals surface area contributed by atoms with Crippen LogP contribution >= 0.6 is 0 Å². The lowest BCUT2D eigenvalue weighted by molar-refractivity contribution is -0.142. The van der Waals surface area contributed by atoms with Crippen LogP contribution in [0.4, 0.5) is 5.82 Å². The van der Waals surface area contributed by atoms with Gasteiger partial charge in [-0.1, -0.05) is 66.2 Å². The van der Waals surface area contributed by atoms with E-state index in [0.29, 0.717) is 11.4 Å². The molecule has 0 spiro atoms. The summed E-state index contributed by atoms with van der Waals surface area (Å²) in [6, 6.07) is 21.5. The number of hydrogen-bond donors (Lipinski definition) is 2. The largest absolute Gasteiger partial charge is 0.349 e. The highest BCUT2D eigenvalue weighted by Crippen LogP contribution is 2.26. The number of benzene rings is 2. The van der Waals surface area contributed by atoms with Crippen molar-refractivity contribution in [3.05, 3.63) is 95.7 Å². The molecule has 3 rings (SSSR count). The van der Waals surface area contributed by atoms with Crippen molar-refractivity contribution in [3.63, 3.8) is 0 Å². The van der Waals surface area contributed by atoms with Crippen molar-refractivity contribution in [1.29, 1.82) is 0 Å². The predicted molar refractivity (Wildman–Crippen MR) is 141 cm³/mol. The van der Waals surface area contributed by atoms with Crippen LogP contribution in [0.15, 0.2) is 79.0 Å². The van der Waals surface area contributed by atoms with Gasteiger partial charge in [0.15, 0.2) is 0 Å². The maximum atomic E-state index is 13.6. The number of anilines is 1. The fourth-order valence-corrected chi connectivity index (χ4v) is 3.77. The number of nitrogens with one attached hydrogen (secondary N) is 2. The first-order chi connectivity index (χ1) is 17.1. The monoisotopic (exact) mass is 486 g/mol. The molecular formula is C29H34N4O3. The number of aryl methyl sites for hydroxylation is 1. The predicted octanol–water partition coefficient (Wildman–Crippen LogP) is 4.79. The van der Waals surface area contributed by atoms with E-state index in [0.717, 1.165) is 11.1 Å². The number of rotatable bonds is 9. The molecule has 0 aliphatic rings. The van der Waals surface area contributed by atoms with E-state index in [1.165, 1.54) is 0 Å². The van der Waals surface area contributed by atoms with E-state index in [4.69, 9.17) is 0 Å². The fourth-order valence-electron chi connectivity index (χ4n) is 3.77. The Balaban J connectivity index is 1.88. The third kappa shape index (κ3) is 8.05. The van der Waals surface area contributed by atoms with Gasteiger partial charge in [-0.05, 0) is 51.0 Å². The second-order valence-electron chi connectivity index (χ2n) is 9.82. The van der Waals surface area contributed by atoms with Crippen LogP contribution in [0.3, 0.4) is 0 Å². The van der Waals surface area contributed by atoms with Crippen LogP contribution in [0.2, 0.25) is 0 Å². The molecular weight excluding hydrogens is 452 g/mol. The van der Waals surface area contributed by atoms with Crippen LogP contribution in [0.1, 0.15) is 56.3 Å². The summed E-state index contributed by atoms with van der Waals surface area (Å²) in [5.41, 5.74) is 2.18. The zero-order valence-electron chi connectivity index (χ0n) is 21.3. The molecule has 3 aromatic rings. The first-order valence-corrected chi connectivity index (χ1v) is 12.1. The average Bonchev–Trinajstić information content (AvgIpc) is 2.83. The first-order valence-electron chi connectivity index (χ1n) is 12.1. The lowest BCUT2D eigenvalue weighted by Crippen LogP contribution is -2.49. The molecule has 1 atom stereocenters. The molecule has 1 aromatic heterocycles. The van der Waals surface area contributed by atoms with E-state index in [2.05, 4.69) is 15.6 Å². The average molecular weight is 487 g/mol. The molecule has 0 saturated carbocycles. The van der Waals surface area contributed by atoms with Gasteiger partial charge >= 0.3 is 0 Å². The Hall–Kier alpha value is -4.00. The van der Waals surface area contributed by atoms with Crippen LogP contribution in [-0.2, 0) is 20.9 Å². The quantitative estimate of drug-likeness (QED) is 0.455. The Kier molecular flexibility index (Phi) is 8.95. The molecule has 0 fully saturated rings. The van der Waals surface area contributed by atoms with Gasteiger partial charge in [-0.15, -0.1) is 0 Å². The summed E-state index contributed by atoms with van der Waals surface area (Å²) in [7, 11) is 0. The van der Waals surface area contributed by atoms with E-state index in [1.54, 1.807) is 29.3 Å². The highest BCUT2D eigenvalue weighted by molar-refractivity contribution is 5.94. The number of nitrogens with zero attached hydrogens (tertiary/aromatic N) is 2. The summed E-state index contributed by atoms with van der Waals surface area (Å²) in [5, 5.41) is 5.74. The van der Waals surface area contributed by atoms with Crippen molar-refractivity contribution < 1.29 is 14.4 Å². The van der Waals surface area contributed by atoms with Gasteiger partial charge in [0.1, 0.15) is 11.9 Å². The van der Waals surface area contributed by atoms with Gasteiger partial charge in [0.25, 0.3) is 0 Å². The van der Waals surface area contributed by atoms with Gasteiger partial charge in [-0.2, -0.15) is 0 Å². The smallest absolute Gasteiger partial charge is 0.247 e. The zero-order valence-corrected chi connectivity index (χ0v) is 21.3. The molecule has 0 aliphatic heterocycles. The molecule has 7 nitrogen and oxygen atoms in total. The van der Waals surface area contributed by atoms with E-state index in [9.17, 15) is 14.4 Å². The number of carbonyl (C=O) groups is 3. The Bertz CT molecular complexity index is 1160. The number of carbonyl (C=O) groups excluding carboxylic acids is 3. The second kappa shape index (κ2) is 12.1. The van der Waals surface area contributed by atoms with Crippen molar-refractivity contribution >= 4 is 23.5 Å². The maximum absolute atomic E-state index is 13.6. The highest BCUT2D eigenvalue weighted by Gasteiger charge is 2.33. The normalized spacial score (nSPS) is 11.9. The molecule has 2 N–H and O–H groups in total. The summed E-state index contributed by atoms with van der Waals surface area (Å²) >= 11 is 0. The topological polar surface area (TPSA) is 91.4 Å². The van der Waals surface area contributed by atoms with Gasteiger partial charge in [0.05, 0.1) is 0 Å². The molecule has 1 heterocycles. The van der Waals surface area contributed by atoms with Gasteiger partial charge in [-0.3, -0.25) is 14.4 Å². The Labute approximate surface area is 212 Å². The van der Waals surface area contributed by atoms with E-state index in [-0.39, 0.29) is 37.1 Å². The lowest BCUT2D eigenvalue weighted by atomic mass is 9.99. The summed E-state index contributed by atoms with van der Waals surface area (Å²) < 4.78 is 0. The van der Waals surface area contributed by atoms with Gasteiger partial charge in [0, 0.05) is 31.1 Å². The molecule has 0 bridgehead atoms. The summed E-state index contributed by atoms with van der Waals surface area (Å²) in [6.07, 6.45) is 1.52. The van der Waals surface area contributed by atoms with E-state index >= 15 is 0 Å². The Morgan fingerprint density at radius 3 is 2.17 bits per heavy atom. The number of amides is 3. The molecule has 1 unspecified atom stereocenters. The molecule has 2 aromatic carbocycles. The van der Waals surface area contributed by atoms with Crippen LogP contribution in [0.25, 0.3) is 0 Å². The van der Waals surface area contributed by atoms with E-state index < -0.39 is 11.6 Å². The standard InChI is InChI=1S/C29H34N4O3/c1-21-13-15-23(16-14-21)27(28(36)32-29(2,3)4)33(20-22-10-6-5-7-11-22)26(35)18-17-25(34)31-24-12-8-9-19-30-24/h5-16,19,27H,17-18,20H2,1-4H3,(H,32,36)(H,30,31,34). The minimum atomic E-state index is -0.851. The highest BCUT2D eigenvalue weighted by atomic mass is 16.2. The first kappa shape index (κ1) is 26.6. The van der Waals surface area contributed by atoms with E-state index in [1.807, 2.05) is 82.3 Å². The third-order valence-electron chi connectivity index (χ3n) is 5.47. The summed E-state index contributed by atoms with van der Waals surface area (Å²) in [4.78, 5) is 45.3. The maximum Gasteiger partial charge on any atom is 0.247 e. The van der Waals surface area contributed by atoms with Gasteiger partial charge in [0.2, 0.25) is 17.7 Å². The molecule has 0 radical (unpaired) electrons. The minimum Gasteiger partial charge on any atom is -0.349 e. The third-order valence-corrected chi connectivity index (χ3v) is 5.47.